The van der Waals surface area contributed by atoms with Crippen molar-refractivity contribution in [3.05, 3.63) is 47.8 Å². The number of amides is 2. The number of rotatable bonds is 5. The monoisotopic (exact) mass is 372 g/mol. The van der Waals surface area contributed by atoms with Gasteiger partial charge in [0, 0.05) is 17.0 Å². The highest BCUT2D eigenvalue weighted by Gasteiger charge is 2.24. The third-order valence-corrected chi connectivity index (χ3v) is 3.73. The van der Waals surface area contributed by atoms with Crippen LogP contribution in [0.25, 0.3) is 22.3 Å². The SMILES string of the molecule is CC(C)Oc1cc2c(C(=O)O)c(-c3ccc(F)cc3)oc2cc1NC(N)=O. The van der Waals surface area contributed by atoms with E-state index in [1.807, 2.05) is 0 Å². The van der Waals surface area contributed by atoms with Gasteiger partial charge >= 0.3 is 12.0 Å². The average molecular weight is 372 g/mol. The fourth-order valence-electron chi connectivity index (χ4n) is 2.72. The zero-order valence-electron chi connectivity index (χ0n) is 14.6. The number of carbonyl (C=O) groups is 2. The minimum absolute atomic E-state index is 0.0734. The number of hydrogen-bond acceptors (Lipinski definition) is 4. The van der Waals surface area contributed by atoms with Gasteiger partial charge in [0.25, 0.3) is 0 Å². The number of carboxylic acids is 1. The Bertz CT molecular complexity index is 1020. The molecule has 3 aromatic rings. The van der Waals surface area contributed by atoms with Gasteiger partial charge in [-0.3, -0.25) is 0 Å². The summed E-state index contributed by atoms with van der Waals surface area (Å²) in [7, 11) is 0. The van der Waals surface area contributed by atoms with Crippen LogP contribution in [0.2, 0.25) is 0 Å². The number of anilines is 1. The second-order valence-electron chi connectivity index (χ2n) is 6.12. The fraction of sp³-hybridized carbons (Fsp3) is 0.158. The average Bonchev–Trinajstić information content (AvgIpc) is 2.93. The lowest BCUT2D eigenvalue weighted by molar-refractivity contribution is 0.0699. The van der Waals surface area contributed by atoms with Gasteiger partial charge in [0.2, 0.25) is 0 Å². The van der Waals surface area contributed by atoms with E-state index in [2.05, 4.69) is 5.32 Å². The fourth-order valence-corrected chi connectivity index (χ4v) is 2.72. The molecule has 0 radical (unpaired) electrons. The Morgan fingerprint density at radius 2 is 1.89 bits per heavy atom. The standard InChI is InChI=1S/C19H17FN2O5/c1-9(2)26-15-7-12-14(8-13(15)22-19(21)25)27-17(16(12)18(23)24)10-3-5-11(20)6-4-10/h3-9H,1-2H3,(H,23,24)(H3,21,22,25). The van der Waals surface area contributed by atoms with Crippen molar-refractivity contribution in [2.75, 3.05) is 5.32 Å². The molecule has 0 saturated carbocycles. The van der Waals surface area contributed by atoms with Crippen LogP contribution in [0.15, 0.2) is 40.8 Å². The number of hydrogen-bond donors (Lipinski definition) is 3. The van der Waals surface area contributed by atoms with E-state index < -0.39 is 17.8 Å². The number of carbonyl (C=O) groups excluding carboxylic acids is 1. The molecule has 140 valence electrons. The topological polar surface area (TPSA) is 115 Å². The van der Waals surface area contributed by atoms with Crippen LogP contribution in [0.1, 0.15) is 24.2 Å². The normalized spacial score (nSPS) is 11.0. The summed E-state index contributed by atoms with van der Waals surface area (Å²) >= 11 is 0. The minimum Gasteiger partial charge on any atom is -0.489 e. The van der Waals surface area contributed by atoms with Crippen molar-refractivity contribution in [1.82, 2.24) is 0 Å². The first-order valence-electron chi connectivity index (χ1n) is 8.09. The number of benzene rings is 2. The van der Waals surface area contributed by atoms with Crippen LogP contribution < -0.4 is 15.8 Å². The van der Waals surface area contributed by atoms with E-state index >= 15 is 0 Å². The molecular weight excluding hydrogens is 355 g/mol. The molecule has 0 unspecified atom stereocenters. The number of carboxylic acid groups (broad SMARTS) is 1. The van der Waals surface area contributed by atoms with Crippen LogP contribution in [-0.4, -0.2) is 23.2 Å². The third kappa shape index (κ3) is 3.69. The van der Waals surface area contributed by atoms with Gasteiger partial charge in [-0.15, -0.1) is 0 Å². The molecule has 27 heavy (non-hydrogen) atoms. The Hall–Kier alpha value is -3.55. The van der Waals surface area contributed by atoms with E-state index in [4.69, 9.17) is 14.9 Å². The zero-order valence-corrected chi connectivity index (χ0v) is 14.6. The van der Waals surface area contributed by atoms with E-state index in [1.54, 1.807) is 13.8 Å². The van der Waals surface area contributed by atoms with Gasteiger partial charge < -0.3 is 25.3 Å². The van der Waals surface area contributed by atoms with Crippen LogP contribution in [0.3, 0.4) is 0 Å². The molecule has 0 aliphatic carbocycles. The molecule has 0 fully saturated rings. The van der Waals surface area contributed by atoms with Crippen LogP contribution in [0.4, 0.5) is 14.9 Å². The van der Waals surface area contributed by atoms with Crippen molar-refractivity contribution >= 4 is 28.7 Å². The minimum atomic E-state index is -1.21. The van der Waals surface area contributed by atoms with Crippen molar-refractivity contribution in [2.45, 2.75) is 20.0 Å². The highest BCUT2D eigenvalue weighted by molar-refractivity contribution is 6.09. The molecule has 7 nitrogen and oxygen atoms in total. The number of urea groups is 1. The summed E-state index contributed by atoms with van der Waals surface area (Å²) in [6.45, 7) is 3.57. The quantitative estimate of drug-likeness (QED) is 0.620. The molecular formula is C19H17FN2O5. The molecule has 1 aromatic heterocycles. The number of halogens is 1. The summed E-state index contributed by atoms with van der Waals surface area (Å²) in [4.78, 5) is 23.1. The van der Waals surface area contributed by atoms with Crippen molar-refractivity contribution in [2.24, 2.45) is 5.73 Å². The molecule has 0 aliphatic rings. The van der Waals surface area contributed by atoms with Gasteiger partial charge in [-0.25, -0.2) is 14.0 Å². The smallest absolute Gasteiger partial charge is 0.340 e. The summed E-state index contributed by atoms with van der Waals surface area (Å²) in [5, 5.41) is 12.4. The highest BCUT2D eigenvalue weighted by atomic mass is 19.1. The molecule has 0 bridgehead atoms. The van der Waals surface area contributed by atoms with E-state index in [9.17, 15) is 19.1 Å². The molecule has 2 amide bonds. The molecule has 0 aliphatic heterocycles. The molecule has 4 N–H and O–H groups in total. The van der Waals surface area contributed by atoms with Crippen molar-refractivity contribution in [3.8, 4) is 17.1 Å². The number of aromatic carboxylic acids is 1. The first-order chi connectivity index (χ1) is 12.8. The zero-order chi connectivity index (χ0) is 19.7. The summed E-state index contributed by atoms with van der Waals surface area (Å²) < 4.78 is 24.6. The van der Waals surface area contributed by atoms with Crippen LogP contribution in [0.5, 0.6) is 5.75 Å². The van der Waals surface area contributed by atoms with Gasteiger partial charge in [-0.2, -0.15) is 0 Å². The van der Waals surface area contributed by atoms with Crippen LogP contribution >= 0.6 is 0 Å². The lowest BCUT2D eigenvalue weighted by atomic mass is 10.0. The third-order valence-electron chi connectivity index (χ3n) is 3.73. The summed E-state index contributed by atoms with van der Waals surface area (Å²) in [6.07, 6.45) is -0.229. The number of ether oxygens (including phenoxy) is 1. The van der Waals surface area contributed by atoms with Gasteiger partial charge in [-0.05, 0) is 44.2 Å². The second kappa shape index (κ2) is 6.99. The summed E-state index contributed by atoms with van der Waals surface area (Å²) in [6, 6.07) is 7.38. The Morgan fingerprint density at radius 3 is 2.44 bits per heavy atom. The number of furan rings is 1. The number of nitrogens with two attached hydrogens (primary N) is 1. The van der Waals surface area contributed by atoms with E-state index in [0.29, 0.717) is 5.56 Å². The van der Waals surface area contributed by atoms with Crippen LogP contribution in [-0.2, 0) is 0 Å². The van der Waals surface area contributed by atoms with E-state index in [1.165, 1.54) is 36.4 Å². The van der Waals surface area contributed by atoms with Crippen molar-refractivity contribution in [1.29, 1.82) is 0 Å². The Kier molecular flexibility index (Phi) is 4.72. The Labute approximate surface area is 153 Å². The Balaban J connectivity index is 2.26. The number of nitrogens with one attached hydrogen (secondary N) is 1. The molecule has 0 saturated heterocycles. The van der Waals surface area contributed by atoms with Gasteiger partial charge in [0.1, 0.15) is 28.5 Å². The molecule has 2 aromatic carbocycles. The summed E-state index contributed by atoms with van der Waals surface area (Å²) in [5.41, 5.74) is 5.97. The van der Waals surface area contributed by atoms with E-state index in [0.717, 1.165) is 0 Å². The molecule has 8 heteroatoms. The largest absolute Gasteiger partial charge is 0.489 e. The number of primary amides is 1. The lowest BCUT2D eigenvalue weighted by Crippen LogP contribution is -2.20. The Morgan fingerprint density at radius 1 is 1.22 bits per heavy atom. The molecule has 1 heterocycles. The predicted molar refractivity (Wildman–Crippen MR) is 97.5 cm³/mol. The predicted octanol–water partition coefficient (Wildman–Crippen LogP) is 4.21. The molecule has 0 atom stereocenters. The molecule has 0 spiro atoms. The second-order valence-corrected chi connectivity index (χ2v) is 6.12. The number of fused-ring (bicyclic) bond motifs is 1. The van der Waals surface area contributed by atoms with Crippen molar-refractivity contribution in [3.63, 3.8) is 0 Å². The highest BCUT2D eigenvalue weighted by Crippen LogP contribution is 2.39. The first-order valence-corrected chi connectivity index (χ1v) is 8.09. The first kappa shape index (κ1) is 18.2. The van der Waals surface area contributed by atoms with E-state index in [-0.39, 0.29) is 39.8 Å². The van der Waals surface area contributed by atoms with Gasteiger partial charge in [0.05, 0.1) is 11.8 Å². The van der Waals surface area contributed by atoms with Crippen LogP contribution in [0, 0.1) is 5.82 Å². The van der Waals surface area contributed by atoms with Gasteiger partial charge in [0.15, 0.2) is 0 Å². The maximum atomic E-state index is 13.2. The lowest BCUT2D eigenvalue weighted by Gasteiger charge is -2.14. The maximum Gasteiger partial charge on any atom is 0.340 e. The summed E-state index contributed by atoms with van der Waals surface area (Å²) in [5.74, 6) is -1.33. The molecule has 3 rings (SSSR count). The van der Waals surface area contributed by atoms with Crippen molar-refractivity contribution < 1.29 is 28.2 Å². The maximum absolute atomic E-state index is 13.2. The van der Waals surface area contributed by atoms with Gasteiger partial charge in [-0.1, -0.05) is 0 Å².